The molecule has 1 aliphatic heterocycles. The number of urea groups is 1. The average Bonchev–Trinajstić information content (AvgIpc) is 3.36. The number of hydrogen-bond donors (Lipinski definition) is 3. The summed E-state index contributed by atoms with van der Waals surface area (Å²) in [5.41, 5.74) is 3.63. The molecule has 3 rings (SSSR count). The van der Waals surface area contributed by atoms with Crippen LogP contribution >= 0.6 is 0 Å². The Morgan fingerprint density at radius 3 is 2.61 bits per heavy atom. The van der Waals surface area contributed by atoms with Gasteiger partial charge in [0.05, 0.1) is 31.5 Å². The molecular weight excluding hydrogens is 494 g/mol. The summed E-state index contributed by atoms with van der Waals surface area (Å²) in [6.45, 7) is 8.89. The molecule has 2 aromatic rings. The fourth-order valence-corrected chi connectivity index (χ4v) is 3.87. The van der Waals surface area contributed by atoms with Gasteiger partial charge in [-0.25, -0.2) is 15.0 Å². The van der Waals surface area contributed by atoms with Gasteiger partial charge in [-0.05, 0) is 51.5 Å². The first-order chi connectivity index (χ1) is 18.3. The smallest absolute Gasteiger partial charge is 0.338 e. The maximum Gasteiger partial charge on any atom is 0.338 e. The van der Waals surface area contributed by atoms with Gasteiger partial charge < -0.3 is 34.2 Å². The number of nitrogens with zero attached hydrogens (tertiary/aromatic N) is 2. The number of carbonyl (C=O) groups is 3. The summed E-state index contributed by atoms with van der Waals surface area (Å²) < 4.78 is 21.9. The van der Waals surface area contributed by atoms with Crippen molar-refractivity contribution in [3.05, 3.63) is 52.9 Å². The normalized spacial score (nSPS) is 15.1. The molecule has 12 nitrogen and oxygen atoms in total. The number of hydrazone groups is 1. The average molecular weight is 528 g/mol. The molecular formula is C26H33N5O7. The van der Waals surface area contributed by atoms with E-state index in [4.69, 9.17) is 18.6 Å². The lowest BCUT2D eigenvalue weighted by Gasteiger charge is -2.28. The largest absolute Gasteiger partial charge is 0.493 e. The van der Waals surface area contributed by atoms with Gasteiger partial charge in [-0.15, -0.1) is 0 Å². The van der Waals surface area contributed by atoms with Crippen LogP contribution in [0.2, 0.25) is 0 Å². The van der Waals surface area contributed by atoms with Gasteiger partial charge in [0.25, 0.3) is 5.91 Å². The van der Waals surface area contributed by atoms with Crippen molar-refractivity contribution >= 4 is 30.0 Å². The molecule has 3 N–H and O–H groups in total. The number of furan rings is 1. The van der Waals surface area contributed by atoms with Crippen molar-refractivity contribution in [2.75, 3.05) is 38.3 Å². The summed E-state index contributed by atoms with van der Waals surface area (Å²) in [5, 5.41) is 9.22. The van der Waals surface area contributed by atoms with Gasteiger partial charge in [0.2, 0.25) is 0 Å². The summed E-state index contributed by atoms with van der Waals surface area (Å²) in [6, 6.07) is 7.29. The lowest BCUT2D eigenvalue weighted by Crippen LogP contribution is -2.45. The molecule has 3 amide bonds. The van der Waals surface area contributed by atoms with Crippen molar-refractivity contribution in [1.29, 1.82) is 0 Å². The van der Waals surface area contributed by atoms with Crippen LogP contribution in [-0.4, -0.2) is 57.5 Å². The zero-order valence-electron chi connectivity index (χ0n) is 22.1. The first kappa shape index (κ1) is 28.1. The monoisotopic (exact) mass is 527 g/mol. The van der Waals surface area contributed by atoms with Crippen molar-refractivity contribution in [3.63, 3.8) is 0 Å². The third-order valence-electron chi connectivity index (χ3n) is 5.71. The minimum Gasteiger partial charge on any atom is -0.493 e. The van der Waals surface area contributed by atoms with E-state index >= 15 is 0 Å². The van der Waals surface area contributed by atoms with Crippen LogP contribution in [0.15, 0.2) is 51.1 Å². The molecule has 38 heavy (non-hydrogen) atoms. The van der Waals surface area contributed by atoms with Crippen LogP contribution in [0.1, 0.15) is 45.1 Å². The highest BCUT2D eigenvalue weighted by Gasteiger charge is 2.32. The van der Waals surface area contributed by atoms with Gasteiger partial charge >= 0.3 is 12.0 Å². The molecule has 1 aromatic carbocycles. The van der Waals surface area contributed by atoms with E-state index in [9.17, 15) is 14.4 Å². The number of benzene rings is 1. The van der Waals surface area contributed by atoms with Crippen LogP contribution in [0.3, 0.4) is 0 Å². The zero-order valence-corrected chi connectivity index (χ0v) is 22.1. The maximum absolute atomic E-state index is 12.5. The first-order valence-corrected chi connectivity index (χ1v) is 12.2. The van der Waals surface area contributed by atoms with Crippen molar-refractivity contribution in [3.8, 4) is 11.5 Å². The molecule has 0 saturated heterocycles. The number of carbonyl (C=O) groups excluding carboxylic acids is 3. The quantitative estimate of drug-likeness (QED) is 0.217. The molecule has 204 valence electrons. The molecule has 1 aliphatic rings. The standard InChI is InChI=1S/C26H33N5O7/c1-6-31(7-2)22-12-10-18(38-22)14-27-30-21(32)15-37-19-11-9-17(13-20(19)35-5)24-23(25(33)36-8-3)16(4)28-26(34)29-24/h9-14,24H,6-8,15H2,1-5H3,(H,30,32)(H2,28,29,34)/b27-14-/t24-/m1/s1. The van der Waals surface area contributed by atoms with Crippen LogP contribution < -0.4 is 30.4 Å². The zero-order chi connectivity index (χ0) is 27.7. The molecule has 0 saturated carbocycles. The topological polar surface area (TPSA) is 144 Å². The van der Waals surface area contributed by atoms with Crippen molar-refractivity contribution in [1.82, 2.24) is 16.1 Å². The highest BCUT2D eigenvalue weighted by Crippen LogP contribution is 2.34. The Kier molecular flexibility index (Phi) is 9.74. The summed E-state index contributed by atoms with van der Waals surface area (Å²) in [4.78, 5) is 38.9. The molecule has 2 heterocycles. The van der Waals surface area contributed by atoms with Gasteiger partial charge in [-0.3, -0.25) is 4.79 Å². The predicted octanol–water partition coefficient (Wildman–Crippen LogP) is 2.85. The van der Waals surface area contributed by atoms with Crippen LogP contribution in [0, 0.1) is 0 Å². The van der Waals surface area contributed by atoms with Gasteiger partial charge in [0, 0.05) is 24.9 Å². The fraction of sp³-hybridized carbons (Fsp3) is 0.385. The molecule has 0 fully saturated rings. The molecule has 1 aromatic heterocycles. The van der Waals surface area contributed by atoms with E-state index in [2.05, 4.69) is 26.1 Å². The Labute approximate surface area is 221 Å². The number of rotatable bonds is 12. The summed E-state index contributed by atoms with van der Waals surface area (Å²) >= 11 is 0. The van der Waals surface area contributed by atoms with Crippen LogP contribution in [0.25, 0.3) is 0 Å². The third-order valence-corrected chi connectivity index (χ3v) is 5.71. The fourth-order valence-electron chi connectivity index (χ4n) is 3.87. The minimum atomic E-state index is -0.757. The Hall–Kier alpha value is -4.48. The third kappa shape index (κ3) is 6.84. The van der Waals surface area contributed by atoms with Gasteiger partial charge in [-0.1, -0.05) is 6.07 Å². The van der Waals surface area contributed by atoms with E-state index < -0.39 is 23.9 Å². The molecule has 12 heteroatoms. The second-order valence-corrected chi connectivity index (χ2v) is 8.13. The highest BCUT2D eigenvalue weighted by atomic mass is 16.5. The van der Waals surface area contributed by atoms with Crippen LogP contribution in [0.5, 0.6) is 11.5 Å². The van der Waals surface area contributed by atoms with E-state index in [-0.39, 0.29) is 18.8 Å². The van der Waals surface area contributed by atoms with E-state index in [1.807, 2.05) is 19.9 Å². The molecule has 0 aliphatic carbocycles. The predicted molar refractivity (Wildman–Crippen MR) is 140 cm³/mol. The number of methoxy groups -OCH3 is 1. The number of nitrogens with one attached hydrogen (secondary N) is 3. The number of hydrogen-bond acceptors (Lipinski definition) is 9. The lowest BCUT2D eigenvalue weighted by atomic mass is 9.95. The van der Waals surface area contributed by atoms with Crippen molar-refractivity contribution in [2.45, 2.75) is 33.7 Å². The second kappa shape index (κ2) is 13.2. The molecule has 1 atom stereocenters. The van der Waals surface area contributed by atoms with E-state index in [1.54, 1.807) is 38.1 Å². The van der Waals surface area contributed by atoms with E-state index in [0.717, 1.165) is 19.0 Å². The Balaban J connectivity index is 1.64. The number of allylic oxidation sites excluding steroid dienone is 1. The molecule has 0 bridgehead atoms. The summed E-state index contributed by atoms with van der Waals surface area (Å²) in [6.07, 6.45) is 1.41. The van der Waals surface area contributed by atoms with E-state index in [0.29, 0.717) is 28.5 Å². The highest BCUT2D eigenvalue weighted by molar-refractivity contribution is 5.95. The summed E-state index contributed by atoms with van der Waals surface area (Å²) in [5.74, 6) is 0.804. The van der Waals surface area contributed by atoms with Crippen LogP contribution in [-0.2, 0) is 14.3 Å². The molecule has 0 spiro atoms. The number of esters is 1. The van der Waals surface area contributed by atoms with Gasteiger partial charge in [0.1, 0.15) is 5.76 Å². The maximum atomic E-state index is 12.5. The van der Waals surface area contributed by atoms with E-state index in [1.165, 1.54) is 13.3 Å². The Bertz CT molecular complexity index is 1220. The number of anilines is 1. The van der Waals surface area contributed by atoms with Gasteiger partial charge in [-0.2, -0.15) is 5.10 Å². The minimum absolute atomic E-state index is 0.192. The number of amides is 3. The first-order valence-electron chi connectivity index (χ1n) is 12.2. The lowest BCUT2D eigenvalue weighted by molar-refractivity contribution is -0.139. The SMILES string of the molecule is CCOC(=O)C1=C(C)NC(=O)N[C@@H]1c1ccc(OCC(=O)N/N=C\c2ccc(N(CC)CC)o2)c(OC)c1. The van der Waals surface area contributed by atoms with Gasteiger partial charge in [0.15, 0.2) is 24.0 Å². The second-order valence-electron chi connectivity index (χ2n) is 8.13. The van der Waals surface area contributed by atoms with Crippen molar-refractivity contribution < 1.29 is 33.0 Å². The summed E-state index contributed by atoms with van der Waals surface area (Å²) in [7, 11) is 1.44. The molecule has 0 radical (unpaired) electrons. The molecule has 0 unspecified atom stereocenters. The van der Waals surface area contributed by atoms with Crippen molar-refractivity contribution in [2.24, 2.45) is 5.10 Å². The Morgan fingerprint density at radius 2 is 1.92 bits per heavy atom. The Morgan fingerprint density at radius 1 is 1.16 bits per heavy atom. The van der Waals surface area contributed by atoms with Crippen LogP contribution in [0.4, 0.5) is 10.7 Å². The number of ether oxygens (including phenoxy) is 3.